The number of benzene rings is 1. The molecule has 3 heterocycles. The van der Waals surface area contributed by atoms with Gasteiger partial charge in [-0.25, -0.2) is 14.8 Å². The van der Waals surface area contributed by atoms with Crippen molar-refractivity contribution >= 4 is 29.0 Å². The molecule has 0 bridgehead atoms. The fourth-order valence-electron chi connectivity index (χ4n) is 3.56. The van der Waals surface area contributed by atoms with Crippen LogP contribution in [-0.2, 0) is 11.3 Å². The van der Waals surface area contributed by atoms with E-state index in [4.69, 9.17) is 9.47 Å². The number of piperazine rings is 1. The quantitative estimate of drug-likeness (QED) is 0.492. The van der Waals surface area contributed by atoms with Gasteiger partial charge in [-0.2, -0.15) is 0 Å². The minimum absolute atomic E-state index is 0.00180. The Morgan fingerprint density at radius 3 is 2.36 bits per heavy atom. The lowest BCUT2D eigenvalue weighted by molar-refractivity contribution is 0.0525. The molecule has 9 heteroatoms. The van der Waals surface area contributed by atoms with E-state index in [1.165, 1.54) is 6.20 Å². The number of hydrogen-bond donors (Lipinski definition) is 0. The lowest BCUT2D eigenvalue weighted by Crippen LogP contribution is -2.49. The van der Waals surface area contributed by atoms with Crippen LogP contribution in [0.15, 0.2) is 48.0 Å². The molecule has 172 valence electrons. The summed E-state index contributed by atoms with van der Waals surface area (Å²) < 4.78 is 10.8. The van der Waals surface area contributed by atoms with Crippen molar-refractivity contribution < 1.29 is 19.1 Å². The summed E-state index contributed by atoms with van der Waals surface area (Å²) >= 11 is 1.60. The van der Waals surface area contributed by atoms with E-state index in [2.05, 4.69) is 14.9 Å². The normalized spacial score (nSPS) is 13.6. The molecule has 0 N–H and O–H groups in total. The topological polar surface area (TPSA) is 84.9 Å². The van der Waals surface area contributed by atoms with Gasteiger partial charge in [0.05, 0.1) is 22.9 Å². The zero-order chi connectivity index (χ0) is 23.2. The molecule has 0 spiro atoms. The number of aryl methyl sites for hydroxylation is 1. The van der Waals surface area contributed by atoms with E-state index in [-0.39, 0.29) is 11.9 Å². The molecule has 1 fully saturated rings. The van der Waals surface area contributed by atoms with Crippen LogP contribution in [0.3, 0.4) is 0 Å². The Morgan fingerprint density at radius 1 is 1.03 bits per heavy atom. The third-order valence-corrected chi connectivity index (χ3v) is 6.13. The summed E-state index contributed by atoms with van der Waals surface area (Å²) in [6.45, 7) is 7.02. The molecular formula is C24H26N4O4S. The highest BCUT2D eigenvalue weighted by Gasteiger charge is 2.23. The number of carbonyl (C=O) groups excluding carboxylic acids is 2. The number of rotatable bonds is 7. The van der Waals surface area contributed by atoms with Crippen LogP contribution >= 0.6 is 11.3 Å². The van der Waals surface area contributed by atoms with Gasteiger partial charge in [-0.1, -0.05) is 0 Å². The lowest BCUT2D eigenvalue weighted by Gasteiger charge is -2.35. The molecule has 0 radical (unpaired) electrons. The van der Waals surface area contributed by atoms with Crippen LogP contribution in [0.25, 0.3) is 0 Å². The Labute approximate surface area is 196 Å². The SMILES string of the molecule is CCOC(=O)c1ccc(N2CCN(C(=O)c3ccc(OCc4csc(C)n4)cc3)CC2)nc1. The number of pyridine rings is 1. The van der Waals surface area contributed by atoms with Gasteiger partial charge in [0.2, 0.25) is 0 Å². The third kappa shape index (κ3) is 5.67. The Hall–Kier alpha value is -3.46. The van der Waals surface area contributed by atoms with Crippen molar-refractivity contribution in [2.75, 3.05) is 37.7 Å². The molecule has 1 amide bonds. The number of carbonyl (C=O) groups is 2. The van der Waals surface area contributed by atoms with Crippen molar-refractivity contribution in [2.45, 2.75) is 20.5 Å². The van der Waals surface area contributed by atoms with Crippen LogP contribution in [0.1, 0.15) is 38.3 Å². The summed E-state index contributed by atoms with van der Waals surface area (Å²) in [6, 6.07) is 10.8. The number of aromatic nitrogens is 2. The van der Waals surface area contributed by atoms with Crippen LogP contribution in [0, 0.1) is 6.92 Å². The minimum atomic E-state index is -0.374. The maximum absolute atomic E-state index is 12.9. The summed E-state index contributed by atoms with van der Waals surface area (Å²) in [7, 11) is 0. The van der Waals surface area contributed by atoms with Crippen LogP contribution in [0.2, 0.25) is 0 Å². The van der Waals surface area contributed by atoms with Gasteiger partial charge < -0.3 is 19.3 Å². The second-order valence-corrected chi connectivity index (χ2v) is 8.64. The number of anilines is 1. The fourth-order valence-corrected chi connectivity index (χ4v) is 4.15. The van der Waals surface area contributed by atoms with E-state index in [9.17, 15) is 9.59 Å². The fraction of sp³-hybridized carbons (Fsp3) is 0.333. The van der Waals surface area contributed by atoms with Crippen molar-refractivity contribution in [3.05, 3.63) is 69.8 Å². The van der Waals surface area contributed by atoms with E-state index in [0.717, 1.165) is 16.5 Å². The molecule has 3 aromatic rings. The zero-order valence-corrected chi connectivity index (χ0v) is 19.5. The average Bonchev–Trinajstić information content (AvgIpc) is 3.28. The number of ether oxygens (including phenoxy) is 2. The highest BCUT2D eigenvalue weighted by Crippen LogP contribution is 2.19. The van der Waals surface area contributed by atoms with Crippen molar-refractivity contribution in [1.82, 2.24) is 14.9 Å². The smallest absolute Gasteiger partial charge is 0.339 e. The number of amides is 1. The Morgan fingerprint density at radius 2 is 1.76 bits per heavy atom. The number of thiazole rings is 1. The van der Waals surface area contributed by atoms with E-state index >= 15 is 0 Å². The molecule has 0 unspecified atom stereocenters. The molecule has 0 aliphatic carbocycles. The van der Waals surface area contributed by atoms with Gasteiger partial charge in [0.1, 0.15) is 18.2 Å². The first-order valence-corrected chi connectivity index (χ1v) is 11.7. The summed E-state index contributed by atoms with van der Waals surface area (Å²) in [6.07, 6.45) is 1.53. The molecule has 4 rings (SSSR count). The zero-order valence-electron chi connectivity index (χ0n) is 18.7. The van der Waals surface area contributed by atoms with Crippen molar-refractivity contribution in [3.8, 4) is 5.75 Å². The van der Waals surface area contributed by atoms with Crippen molar-refractivity contribution in [1.29, 1.82) is 0 Å². The monoisotopic (exact) mass is 466 g/mol. The van der Waals surface area contributed by atoms with Gasteiger partial charge in [-0.15, -0.1) is 11.3 Å². The summed E-state index contributed by atoms with van der Waals surface area (Å²) in [4.78, 5) is 37.4. The molecule has 1 saturated heterocycles. The molecule has 33 heavy (non-hydrogen) atoms. The Bertz CT molecular complexity index is 1090. The van der Waals surface area contributed by atoms with Crippen LogP contribution in [0.5, 0.6) is 5.75 Å². The van der Waals surface area contributed by atoms with Crippen molar-refractivity contribution in [3.63, 3.8) is 0 Å². The van der Waals surface area contributed by atoms with Gasteiger partial charge in [-0.05, 0) is 50.2 Å². The van der Waals surface area contributed by atoms with Crippen molar-refractivity contribution in [2.24, 2.45) is 0 Å². The van der Waals surface area contributed by atoms with E-state index < -0.39 is 0 Å². The van der Waals surface area contributed by atoms with Crippen LogP contribution < -0.4 is 9.64 Å². The van der Waals surface area contributed by atoms with Gasteiger partial charge in [0.25, 0.3) is 5.91 Å². The molecular weight excluding hydrogens is 440 g/mol. The Balaban J connectivity index is 1.28. The third-order valence-electron chi connectivity index (χ3n) is 5.30. The molecule has 0 saturated carbocycles. The van der Waals surface area contributed by atoms with Gasteiger partial charge >= 0.3 is 5.97 Å². The predicted molar refractivity (Wildman–Crippen MR) is 126 cm³/mol. The van der Waals surface area contributed by atoms with E-state index in [1.54, 1.807) is 36.5 Å². The summed E-state index contributed by atoms with van der Waals surface area (Å²) in [5, 5.41) is 3.00. The number of nitrogens with zero attached hydrogens (tertiary/aromatic N) is 4. The second kappa shape index (κ2) is 10.4. The average molecular weight is 467 g/mol. The molecule has 1 aliphatic heterocycles. The highest BCUT2D eigenvalue weighted by molar-refractivity contribution is 7.09. The van der Waals surface area contributed by atoms with E-state index in [0.29, 0.717) is 56.3 Å². The first kappa shape index (κ1) is 22.7. The van der Waals surface area contributed by atoms with Crippen LogP contribution in [-0.4, -0.2) is 59.5 Å². The first-order valence-electron chi connectivity index (χ1n) is 10.8. The summed E-state index contributed by atoms with van der Waals surface area (Å²) in [5.74, 6) is 1.12. The van der Waals surface area contributed by atoms with E-state index in [1.807, 2.05) is 35.4 Å². The minimum Gasteiger partial charge on any atom is -0.487 e. The van der Waals surface area contributed by atoms with Gasteiger partial charge in [0.15, 0.2) is 0 Å². The maximum atomic E-state index is 12.9. The molecule has 8 nitrogen and oxygen atoms in total. The van der Waals surface area contributed by atoms with Crippen LogP contribution in [0.4, 0.5) is 5.82 Å². The highest BCUT2D eigenvalue weighted by atomic mass is 32.1. The first-order chi connectivity index (χ1) is 16.0. The molecule has 1 aromatic carbocycles. The van der Waals surface area contributed by atoms with Gasteiger partial charge in [0, 0.05) is 43.3 Å². The second-order valence-electron chi connectivity index (χ2n) is 7.58. The lowest BCUT2D eigenvalue weighted by atomic mass is 10.1. The molecule has 2 aromatic heterocycles. The van der Waals surface area contributed by atoms with Gasteiger partial charge in [-0.3, -0.25) is 4.79 Å². The number of esters is 1. The number of hydrogen-bond acceptors (Lipinski definition) is 8. The summed E-state index contributed by atoms with van der Waals surface area (Å²) in [5.41, 5.74) is 1.97. The molecule has 0 atom stereocenters. The Kier molecular flexibility index (Phi) is 7.19. The standard InChI is InChI=1S/C24H26N4O4S/c1-3-31-24(30)19-6-9-22(25-14-19)27-10-12-28(13-11-27)23(29)18-4-7-21(8-5-18)32-15-20-16-33-17(2)26-20/h4-9,14,16H,3,10-13,15H2,1-2H3. The predicted octanol–water partition coefficient (Wildman–Crippen LogP) is 3.56. The molecule has 1 aliphatic rings. The largest absolute Gasteiger partial charge is 0.487 e. The maximum Gasteiger partial charge on any atom is 0.339 e.